The maximum Gasteiger partial charge on any atom is 0.0749 e. The van der Waals surface area contributed by atoms with Crippen LogP contribution in [-0.4, -0.2) is 18.7 Å². The highest BCUT2D eigenvalue weighted by Gasteiger charge is 2.21. The number of hydrogen-bond donors (Lipinski definition) is 1. The Hall–Kier alpha value is -0.280. The van der Waals surface area contributed by atoms with Crippen LogP contribution >= 0.6 is 23.2 Å². The number of nitrogens with one attached hydrogen (secondary N) is 1. The molecule has 0 bridgehead atoms. The first-order valence-corrected chi connectivity index (χ1v) is 8.24. The van der Waals surface area contributed by atoms with Crippen LogP contribution in [0.2, 0.25) is 10.0 Å². The fourth-order valence-electron chi connectivity index (χ4n) is 2.65. The number of ether oxygens (including phenoxy) is 1. The topological polar surface area (TPSA) is 21.3 Å². The largest absolute Gasteiger partial charge is 0.373 e. The molecule has 0 amide bonds. The van der Waals surface area contributed by atoms with Gasteiger partial charge in [-0.15, -0.1) is 0 Å². The molecule has 4 heteroatoms. The van der Waals surface area contributed by atoms with Crippen molar-refractivity contribution in [1.82, 2.24) is 5.32 Å². The molecular weight excluding hydrogens is 293 g/mol. The Bertz CT molecular complexity index is 397. The summed E-state index contributed by atoms with van der Waals surface area (Å²) < 4.78 is 5.99. The van der Waals surface area contributed by atoms with Gasteiger partial charge < -0.3 is 10.1 Å². The average molecular weight is 316 g/mol. The van der Waals surface area contributed by atoms with E-state index in [0.29, 0.717) is 28.8 Å². The minimum Gasteiger partial charge on any atom is -0.373 e. The van der Waals surface area contributed by atoms with Gasteiger partial charge in [0.15, 0.2) is 0 Å². The minimum absolute atomic E-state index is 0.335. The lowest BCUT2D eigenvalue weighted by Gasteiger charge is -2.29. The summed E-state index contributed by atoms with van der Waals surface area (Å²) in [6.07, 6.45) is 6.15. The van der Waals surface area contributed by atoms with E-state index in [9.17, 15) is 0 Å². The van der Waals surface area contributed by atoms with Crippen LogP contribution in [0, 0.1) is 0 Å². The molecule has 2 rings (SSSR count). The van der Waals surface area contributed by atoms with Crippen molar-refractivity contribution in [1.29, 1.82) is 0 Å². The molecule has 1 aliphatic carbocycles. The summed E-state index contributed by atoms with van der Waals surface area (Å²) in [5.41, 5.74) is 0.905. The van der Waals surface area contributed by atoms with E-state index in [0.717, 1.165) is 24.9 Å². The van der Waals surface area contributed by atoms with Gasteiger partial charge in [0, 0.05) is 21.7 Å². The van der Waals surface area contributed by atoms with Gasteiger partial charge in [0.2, 0.25) is 0 Å². The van der Waals surface area contributed by atoms with E-state index in [4.69, 9.17) is 27.9 Å². The van der Waals surface area contributed by atoms with Crippen molar-refractivity contribution in [2.45, 2.75) is 57.8 Å². The fourth-order valence-corrected chi connectivity index (χ4v) is 3.16. The Morgan fingerprint density at radius 1 is 1.15 bits per heavy atom. The van der Waals surface area contributed by atoms with Crippen LogP contribution in [0.3, 0.4) is 0 Å². The highest BCUT2D eigenvalue weighted by Crippen LogP contribution is 2.27. The molecule has 112 valence electrons. The summed E-state index contributed by atoms with van der Waals surface area (Å²) in [4.78, 5) is 0. The van der Waals surface area contributed by atoms with Gasteiger partial charge in [-0.2, -0.15) is 0 Å². The molecule has 0 heterocycles. The smallest absolute Gasteiger partial charge is 0.0749 e. The molecule has 2 nitrogen and oxygen atoms in total. The van der Waals surface area contributed by atoms with Crippen molar-refractivity contribution in [3.05, 3.63) is 33.8 Å². The highest BCUT2D eigenvalue weighted by atomic mass is 35.5. The maximum absolute atomic E-state index is 6.15. The quantitative estimate of drug-likeness (QED) is 0.812. The lowest BCUT2D eigenvalue weighted by Crippen LogP contribution is -2.35. The predicted octanol–water partition coefficient (Wildman–Crippen LogP) is 4.82. The van der Waals surface area contributed by atoms with Crippen LogP contribution in [0.4, 0.5) is 0 Å². The van der Waals surface area contributed by atoms with E-state index < -0.39 is 0 Å². The molecule has 1 aliphatic rings. The average Bonchev–Trinajstić information content (AvgIpc) is 2.46. The second kappa shape index (κ2) is 8.23. The van der Waals surface area contributed by atoms with Gasteiger partial charge in [0.05, 0.1) is 12.7 Å². The maximum atomic E-state index is 6.15. The SMILES string of the molecule is CCCNC1CCC(OCc2c(Cl)cccc2Cl)CC1. The molecule has 0 spiro atoms. The van der Waals surface area contributed by atoms with E-state index in [-0.39, 0.29) is 0 Å². The lowest BCUT2D eigenvalue weighted by molar-refractivity contribution is 0.0114. The van der Waals surface area contributed by atoms with Crippen LogP contribution in [0.1, 0.15) is 44.6 Å². The molecule has 0 aromatic heterocycles. The summed E-state index contributed by atoms with van der Waals surface area (Å²) in [5, 5.41) is 4.97. The predicted molar refractivity (Wildman–Crippen MR) is 85.6 cm³/mol. The Labute approximate surface area is 131 Å². The van der Waals surface area contributed by atoms with Gasteiger partial charge in [0.25, 0.3) is 0 Å². The molecule has 1 aromatic carbocycles. The fraction of sp³-hybridized carbons (Fsp3) is 0.625. The second-order valence-corrected chi connectivity index (χ2v) is 6.25. The zero-order chi connectivity index (χ0) is 14.4. The highest BCUT2D eigenvalue weighted by molar-refractivity contribution is 6.35. The van der Waals surface area contributed by atoms with Gasteiger partial charge in [-0.3, -0.25) is 0 Å². The summed E-state index contributed by atoms with van der Waals surface area (Å²) in [6.45, 7) is 3.83. The van der Waals surface area contributed by atoms with E-state index in [1.165, 1.54) is 19.3 Å². The molecule has 0 radical (unpaired) electrons. The van der Waals surface area contributed by atoms with Gasteiger partial charge in [-0.1, -0.05) is 36.2 Å². The third-order valence-electron chi connectivity index (χ3n) is 3.88. The zero-order valence-corrected chi connectivity index (χ0v) is 13.5. The van der Waals surface area contributed by atoms with Crippen molar-refractivity contribution < 1.29 is 4.74 Å². The van der Waals surface area contributed by atoms with Crippen LogP contribution in [0.5, 0.6) is 0 Å². The first-order valence-electron chi connectivity index (χ1n) is 7.48. The Morgan fingerprint density at radius 2 is 1.80 bits per heavy atom. The van der Waals surface area contributed by atoms with E-state index in [2.05, 4.69) is 12.2 Å². The molecule has 0 unspecified atom stereocenters. The van der Waals surface area contributed by atoms with Crippen molar-refractivity contribution in [3.8, 4) is 0 Å². The van der Waals surface area contributed by atoms with Gasteiger partial charge in [0.1, 0.15) is 0 Å². The molecule has 1 aromatic rings. The summed E-state index contributed by atoms with van der Waals surface area (Å²) in [5.74, 6) is 0. The normalized spacial score (nSPS) is 22.9. The number of hydrogen-bond acceptors (Lipinski definition) is 2. The van der Waals surface area contributed by atoms with Gasteiger partial charge >= 0.3 is 0 Å². The molecule has 0 atom stereocenters. The molecular formula is C16H23Cl2NO. The first-order chi connectivity index (χ1) is 9.70. The summed E-state index contributed by atoms with van der Waals surface area (Å²) in [7, 11) is 0. The zero-order valence-electron chi connectivity index (χ0n) is 12.0. The number of rotatable bonds is 6. The number of halogens is 2. The third kappa shape index (κ3) is 4.63. The van der Waals surface area contributed by atoms with Crippen LogP contribution in [0.15, 0.2) is 18.2 Å². The molecule has 20 heavy (non-hydrogen) atoms. The van der Waals surface area contributed by atoms with Gasteiger partial charge in [-0.25, -0.2) is 0 Å². The molecule has 1 N–H and O–H groups in total. The molecule has 1 saturated carbocycles. The summed E-state index contributed by atoms with van der Waals surface area (Å²) >= 11 is 12.3. The van der Waals surface area contributed by atoms with Gasteiger partial charge in [-0.05, 0) is 50.8 Å². The number of benzene rings is 1. The standard InChI is InChI=1S/C16H23Cl2NO/c1-2-10-19-12-6-8-13(9-7-12)20-11-14-15(17)4-3-5-16(14)18/h3-5,12-13,19H,2,6-11H2,1H3. The van der Waals surface area contributed by atoms with Crippen molar-refractivity contribution in [2.24, 2.45) is 0 Å². The van der Waals surface area contributed by atoms with Crippen LogP contribution < -0.4 is 5.32 Å². The van der Waals surface area contributed by atoms with Crippen LogP contribution in [0.25, 0.3) is 0 Å². The molecule has 0 saturated heterocycles. The van der Waals surface area contributed by atoms with Crippen LogP contribution in [-0.2, 0) is 11.3 Å². The monoisotopic (exact) mass is 315 g/mol. The van der Waals surface area contributed by atoms with E-state index >= 15 is 0 Å². The Kier molecular flexibility index (Phi) is 6.63. The van der Waals surface area contributed by atoms with E-state index in [1.54, 1.807) is 0 Å². The lowest BCUT2D eigenvalue weighted by atomic mass is 9.93. The third-order valence-corrected chi connectivity index (χ3v) is 4.59. The van der Waals surface area contributed by atoms with Crippen molar-refractivity contribution in [3.63, 3.8) is 0 Å². The molecule has 1 fully saturated rings. The van der Waals surface area contributed by atoms with Crippen molar-refractivity contribution >= 4 is 23.2 Å². The second-order valence-electron chi connectivity index (χ2n) is 5.44. The minimum atomic E-state index is 0.335. The van der Waals surface area contributed by atoms with E-state index in [1.807, 2.05) is 18.2 Å². The van der Waals surface area contributed by atoms with Crippen molar-refractivity contribution in [2.75, 3.05) is 6.54 Å². The summed E-state index contributed by atoms with van der Waals surface area (Å²) in [6, 6.07) is 6.24. The Balaban J connectivity index is 1.76. The molecule has 0 aliphatic heterocycles. The Morgan fingerprint density at radius 3 is 2.40 bits per heavy atom. The first kappa shape index (κ1) is 16.1.